The number of anilines is 1. The predicted octanol–water partition coefficient (Wildman–Crippen LogP) is 3.21. The zero-order valence-corrected chi connectivity index (χ0v) is 19.0. The van der Waals surface area contributed by atoms with Crippen molar-refractivity contribution >= 4 is 11.9 Å². The summed E-state index contributed by atoms with van der Waals surface area (Å²) >= 11 is 0. The second-order valence-electron chi connectivity index (χ2n) is 9.17. The van der Waals surface area contributed by atoms with Crippen molar-refractivity contribution in [2.45, 2.75) is 39.0 Å². The Morgan fingerprint density at radius 1 is 1.06 bits per heavy atom. The molecule has 2 aromatic rings. The molecular weight excluding hydrogens is 405 g/mol. The number of piperidine rings is 2. The number of hydrogen-bond donors (Lipinski definition) is 1. The van der Waals surface area contributed by atoms with Crippen LogP contribution in [0.4, 0.5) is 10.3 Å². The van der Waals surface area contributed by atoms with Crippen LogP contribution in [0, 0.1) is 24.6 Å². The van der Waals surface area contributed by atoms with E-state index in [4.69, 9.17) is 0 Å². The molecule has 0 saturated carbocycles. The van der Waals surface area contributed by atoms with Crippen LogP contribution in [0.1, 0.15) is 36.9 Å². The van der Waals surface area contributed by atoms with E-state index in [1.54, 1.807) is 6.20 Å². The van der Waals surface area contributed by atoms with E-state index in [1.807, 2.05) is 25.1 Å². The van der Waals surface area contributed by atoms with Gasteiger partial charge in [0.2, 0.25) is 11.9 Å². The van der Waals surface area contributed by atoms with Gasteiger partial charge in [0.25, 0.3) is 0 Å². The third-order valence-electron chi connectivity index (χ3n) is 6.83. The Morgan fingerprint density at radius 3 is 2.47 bits per heavy atom. The van der Waals surface area contributed by atoms with Crippen LogP contribution in [0.15, 0.2) is 36.5 Å². The van der Waals surface area contributed by atoms with Crippen molar-refractivity contribution in [1.29, 1.82) is 0 Å². The summed E-state index contributed by atoms with van der Waals surface area (Å²) in [6, 6.07) is 8.71. The van der Waals surface area contributed by atoms with Gasteiger partial charge < -0.3 is 15.1 Å². The van der Waals surface area contributed by atoms with Crippen LogP contribution in [-0.4, -0.2) is 60.0 Å². The molecule has 172 valence electrons. The lowest BCUT2D eigenvalue weighted by Crippen LogP contribution is -2.44. The number of hydrogen-bond acceptors (Lipinski definition) is 5. The van der Waals surface area contributed by atoms with Gasteiger partial charge in [-0.15, -0.1) is 0 Å². The SMILES string of the molecule is Cc1ccnc(N2CCC(C(=O)NCC3CCN(CCc4ccc(F)cc4)CC3)CC2)n1. The van der Waals surface area contributed by atoms with Gasteiger partial charge in [0.1, 0.15) is 5.82 Å². The van der Waals surface area contributed by atoms with Crippen LogP contribution < -0.4 is 10.2 Å². The minimum Gasteiger partial charge on any atom is -0.356 e. The van der Waals surface area contributed by atoms with E-state index in [2.05, 4.69) is 25.1 Å². The van der Waals surface area contributed by atoms with Crippen LogP contribution in [0.3, 0.4) is 0 Å². The molecule has 1 aromatic carbocycles. The lowest BCUT2D eigenvalue weighted by molar-refractivity contribution is -0.125. The molecule has 6 nitrogen and oxygen atoms in total. The first-order chi connectivity index (χ1) is 15.6. The standard InChI is InChI=1S/C25H34FN5O/c1-19-6-12-27-25(29-19)31-16-10-22(11-17-31)24(32)28-18-21-8-14-30(15-9-21)13-7-20-2-4-23(26)5-3-20/h2-6,12,21-22H,7-11,13-18H2,1H3,(H,28,32). The van der Waals surface area contributed by atoms with E-state index in [-0.39, 0.29) is 17.6 Å². The molecule has 0 aliphatic carbocycles. The molecular formula is C25H34FN5O. The molecule has 1 amide bonds. The van der Waals surface area contributed by atoms with Crippen molar-refractivity contribution < 1.29 is 9.18 Å². The van der Waals surface area contributed by atoms with E-state index in [1.165, 1.54) is 17.7 Å². The lowest BCUT2D eigenvalue weighted by atomic mass is 9.94. The summed E-state index contributed by atoms with van der Waals surface area (Å²) in [6.45, 7) is 7.55. The molecule has 3 heterocycles. The number of nitrogens with one attached hydrogen (secondary N) is 1. The average molecular weight is 440 g/mol. The summed E-state index contributed by atoms with van der Waals surface area (Å²) < 4.78 is 13.0. The Kier molecular flexibility index (Phi) is 7.68. The number of aromatic nitrogens is 2. The number of likely N-dealkylation sites (tertiary alicyclic amines) is 1. The predicted molar refractivity (Wildman–Crippen MR) is 124 cm³/mol. The zero-order chi connectivity index (χ0) is 22.3. The minimum atomic E-state index is -0.178. The Bertz CT molecular complexity index is 874. The fourth-order valence-corrected chi connectivity index (χ4v) is 4.67. The van der Waals surface area contributed by atoms with Crippen LogP contribution >= 0.6 is 0 Å². The third-order valence-corrected chi connectivity index (χ3v) is 6.83. The highest BCUT2D eigenvalue weighted by molar-refractivity contribution is 5.78. The molecule has 4 rings (SSSR count). The van der Waals surface area contributed by atoms with Crippen molar-refractivity contribution in [1.82, 2.24) is 20.2 Å². The Hall–Kier alpha value is -2.54. The fraction of sp³-hybridized carbons (Fsp3) is 0.560. The van der Waals surface area contributed by atoms with Crippen molar-refractivity contribution in [3.05, 3.63) is 53.6 Å². The van der Waals surface area contributed by atoms with Crippen LogP contribution in [0.2, 0.25) is 0 Å². The maximum absolute atomic E-state index is 13.0. The molecule has 1 aromatic heterocycles. The van der Waals surface area contributed by atoms with E-state index in [0.717, 1.165) is 83.0 Å². The normalized spacial score (nSPS) is 18.6. The number of carbonyl (C=O) groups is 1. The zero-order valence-electron chi connectivity index (χ0n) is 19.0. The van der Waals surface area contributed by atoms with Gasteiger partial charge in [-0.05, 0) is 81.8 Å². The Labute approximate surface area is 190 Å². The summed E-state index contributed by atoms with van der Waals surface area (Å²) in [5, 5.41) is 3.22. The molecule has 1 N–H and O–H groups in total. The number of carbonyl (C=O) groups excluding carboxylic acids is 1. The highest BCUT2D eigenvalue weighted by Crippen LogP contribution is 2.22. The van der Waals surface area contributed by atoms with Gasteiger partial charge in [0, 0.05) is 44.0 Å². The molecule has 7 heteroatoms. The molecule has 0 bridgehead atoms. The number of nitrogens with zero attached hydrogens (tertiary/aromatic N) is 4. The van der Waals surface area contributed by atoms with Gasteiger partial charge in [0.15, 0.2) is 0 Å². The molecule has 0 radical (unpaired) electrons. The van der Waals surface area contributed by atoms with E-state index >= 15 is 0 Å². The second-order valence-corrected chi connectivity index (χ2v) is 9.17. The van der Waals surface area contributed by atoms with Gasteiger partial charge in [-0.2, -0.15) is 0 Å². The molecule has 32 heavy (non-hydrogen) atoms. The molecule has 0 unspecified atom stereocenters. The largest absolute Gasteiger partial charge is 0.356 e. The summed E-state index contributed by atoms with van der Waals surface area (Å²) in [6.07, 6.45) is 6.69. The second kappa shape index (κ2) is 10.9. The first kappa shape index (κ1) is 22.6. The van der Waals surface area contributed by atoms with E-state index in [0.29, 0.717) is 5.92 Å². The fourth-order valence-electron chi connectivity index (χ4n) is 4.67. The first-order valence-corrected chi connectivity index (χ1v) is 11.9. The monoisotopic (exact) mass is 439 g/mol. The van der Waals surface area contributed by atoms with Gasteiger partial charge >= 0.3 is 0 Å². The first-order valence-electron chi connectivity index (χ1n) is 11.9. The molecule has 2 fully saturated rings. The highest BCUT2D eigenvalue weighted by atomic mass is 19.1. The maximum Gasteiger partial charge on any atom is 0.225 e. The third kappa shape index (κ3) is 6.25. The number of halogens is 1. The van der Waals surface area contributed by atoms with Crippen molar-refractivity contribution in [2.24, 2.45) is 11.8 Å². The summed E-state index contributed by atoms with van der Waals surface area (Å²) in [5.74, 6) is 1.44. The number of amides is 1. The van der Waals surface area contributed by atoms with Crippen LogP contribution in [-0.2, 0) is 11.2 Å². The van der Waals surface area contributed by atoms with Crippen LogP contribution in [0.25, 0.3) is 0 Å². The van der Waals surface area contributed by atoms with Gasteiger partial charge in [-0.1, -0.05) is 12.1 Å². The Balaban J connectivity index is 1.12. The van der Waals surface area contributed by atoms with Gasteiger partial charge in [0.05, 0.1) is 0 Å². The summed E-state index contributed by atoms with van der Waals surface area (Å²) in [4.78, 5) is 26.2. The molecule has 0 atom stereocenters. The average Bonchev–Trinajstić information content (AvgIpc) is 2.83. The number of rotatable bonds is 7. The minimum absolute atomic E-state index is 0.0897. The molecule has 0 spiro atoms. The van der Waals surface area contributed by atoms with E-state index in [9.17, 15) is 9.18 Å². The number of aryl methyl sites for hydroxylation is 1. The summed E-state index contributed by atoms with van der Waals surface area (Å²) in [7, 11) is 0. The topological polar surface area (TPSA) is 61.4 Å². The Morgan fingerprint density at radius 2 is 1.78 bits per heavy atom. The quantitative estimate of drug-likeness (QED) is 0.718. The van der Waals surface area contributed by atoms with Crippen molar-refractivity contribution in [3.8, 4) is 0 Å². The van der Waals surface area contributed by atoms with Crippen molar-refractivity contribution in [2.75, 3.05) is 44.2 Å². The van der Waals surface area contributed by atoms with E-state index < -0.39 is 0 Å². The molecule has 2 saturated heterocycles. The summed E-state index contributed by atoms with van der Waals surface area (Å²) in [5.41, 5.74) is 2.15. The van der Waals surface area contributed by atoms with Gasteiger partial charge in [-0.25, -0.2) is 14.4 Å². The molecule has 2 aliphatic rings. The number of benzene rings is 1. The van der Waals surface area contributed by atoms with Crippen molar-refractivity contribution in [3.63, 3.8) is 0 Å². The maximum atomic E-state index is 13.0. The van der Waals surface area contributed by atoms with Gasteiger partial charge in [-0.3, -0.25) is 4.79 Å². The highest BCUT2D eigenvalue weighted by Gasteiger charge is 2.27. The lowest BCUT2D eigenvalue weighted by Gasteiger charge is -2.33. The smallest absolute Gasteiger partial charge is 0.225 e. The van der Waals surface area contributed by atoms with Crippen LogP contribution in [0.5, 0.6) is 0 Å². The molecule has 2 aliphatic heterocycles.